The maximum absolute atomic E-state index is 3.52. The third-order valence-corrected chi connectivity index (χ3v) is 5.06. The molecular formula is C14H19BrN2S. The van der Waals surface area contributed by atoms with Crippen molar-refractivity contribution < 1.29 is 0 Å². The van der Waals surface area contributed by atoms with Gasteiger partial charge in [-0.2, -0.15) is 0 Å². The number of hydrogen-bond donors (Lipinski definition) is 1. The van der Waals surface area contributed by atoms with Crippen molar-refractivity contribution in [2.75, 3.05) is 6.54 Å². The van der Waals surface area contributed by atoms with Gasteiger partial charge < -0.3 is 9.88 Å². The number of aromatic nitrogens is 1. The fourth-order valence-corrected chi connectivity index (χ4v) is 3.52. The molecule has 2 heterocycles. The van der Waals surface area contributed by atoms with Crippen LogP contribution in [0.2, 0.25) is 0 Å². The molecule has 0 saturated carbocycles. The van der Waals surface area contributed by atoms with Gasteiger partial charge in [-0.15, -0.1) is 11.3 Å². The molecular weight excluding hydrogens is 308 g/mol. The Morgan fingerprint density at radius 2 is 2.11 bits per heavy atom. The molecule has 2 rings (SSSR count). The summed E-state index contributed by atoms with van der Waals surface area (Å²) in [5.41, 5.74) is 4.09. The molecule has 0 atom stereocenters. The molecule has 0 unspecified atom stereocenters. The molecule has 0 spiro atoms. The number of nitrogens with one attached hydrogen (secondary N) is 1. The van der Waals surface area contributed by atoms with Crippen LogP contribution < -0.4 is 5.32 Å². The Labute approximate surface area is 121 Å². The van der Waals surface area contributed by atoms with E-state index in [1.165, 1.54) is 25.6 Å². The highest BCUT2D eigenvalue weighted by molar-refractivity contribution is 9.11. The first kappa shape index (κ1) is 13.8. The minimum atomic E-state index is 0.958. The lowest BCUT2D eigenvalue weighted by Gasteiger charge is -2.04. The van der Waals surface area contributed by atoms with Crippen LogP contribution in [0.5, 0.6) is 0 Å². The standard InChI is InChI=1S/C14H19BrN2S/c1-10-8-12(11(2)17(10)3)9-16-7-6-13-4-5-14(15)18-13/h4-5,8,16H,6-7,9H2,1-3H3. The Morgan fingerprint density at radius 3 is 2.67 bits per heavy atom. The summed E-state index contributed by atoms with van der Waals surface area (Å²) in [4.78, 5) is 1.43. The third-order valence-electron chi connectivity index (χ3n) is 3.37. The van der Waals surface area contributed by atoms with E-state index in [0.717, 1.165) is 19.5 Å². The summed E-state index contributed by atoms with van der Waals surface area (Å²) in [6.07, 6.45) is 1.10. The quantitative estimate of drug-likeness (QED) is 0.827. The van der Waals surface area contributed by atoms with Crippen LogP contribution in [-0.4, -0.2) is 11.1 Å². The number of nitrogens with zero attached hydrogens (tertiary/aromatic N) is 1. The minimum absolute atomic E-state index is 0.958. The first-order chi connectivity index (χ1) is 8.58. The van der Waals surface area contributed by atoms with E-state index >= 15 is 0 Å². The molecule has 2 nitrogen and oxygen atoms in total. The number of thiophene rings is 1. The van der Waals surface area contributed by atoms with Crippen LogP contribution in [0, 0.1) is 13.8 Å². The Bertz CT molecular complexity index is 528. The molecule has 0 bridgehead atoms. The van der Waals surface area contributed by atoms with E-state index in [9.17, 15) is 0 Å². The summed E-state index contributed by atoms with van der Waals surface area (Å²) < 4.78 is 3.46. The maximum Gasteiger partial charge on any atom is 0.0701 e. The molecule has 0 radical (unpaired) electrons. The first-order valence-electron chi connectivity index (χ1n) is 6.14. The zero-order chi connectivity index (χ0) is 13.1. The van der Waals surface area contributed by atoms with Gasteiger partial charge in [-0.25, -0.2) is 0 Å². The highest BCUT2D eigenvalue weighted by Gasteiger charge is 2.05. The molecule has 2 aromatic rings. The minimum Gasteiger partial charge on any atom is -0.352 e. The molecule has 4 heteroatoms. The van der Waals surface area contributed by atoms with Crippen LogP contribution in [0.25, 0.3) is 0 Å². The van der Waals surface area contributed by atoms with Crippen LogP contribution in [0.15, 0.2) is 22.0 Å². The second-order valence-electron chi connectivity index (χ2n) is 4.59. The van der Waals surface area contributed by atoms with E-state index < -0.39 is 0 Å². The molecule has 18 heavy (non-hydrogen) atoms. The van der Waals surface area contributed by atoms with Crippen molar-refractivity contribution in [2.24, 2.45) is 7.05 Å². The van der Waals surface area contributed by atoms with Gasteiger partial charge in [-0.1, -0.05) is 0 Å². The second-order valence-corrected chi connectivity index (χ2v) is 7.14. The van der Waals surface area contributed by atoms with Gasteiger partial charge in [0.2, 0.25) is 0 Å². The van der Waals surface area contributed by atoms with Crippen LogP contribution in [0.4, 0.5) is 0 Å². The predicted molar refractivity (Wildman–Crippen MR) is 82.3 cm³/mol. The highest BCUT2D eigenvalue weighted by atomic mass is 79.9. The van der Waals surface area contributed by atoms with Gasteiger partial charge in [0, 0.05) is 36.4 Å². The van der Waals surface area contributed by atoms with Crippen molar-refractivity contribution in [2.45, 2.75) is 26.8 Å². The van der Waals surface area contributed by atoms with Crippen LogP contribution >= 0.6 is 27.3 Å². The zero-order valence-electron chi connectivity index (χ0n) is 11.1. The number of rotatable bonds is 5. The SMILES string of the molecule is Cc1cc(CNCCc2ccc(Br)s2)c(C)n1C. The normalized spacial score (nSPS) is 11.1. The van der Waals surface area contributed by atoms with Gasteiger partial charge in [-0.05, 0) is 60.0 Å². The maximum atomic E-state index is 3.52. The van der Waals surface area contributed by atoms with Gasteiger partial charge in [0.05, 0.1) is 3.79 Å². The van der Waals surface area contributed by atoms with Gasteiger partial charge in [0.15, 0.2) is 0 Å². The van der Waals surface area contributed by atoms with Gasteiger partial charge in [-0.3, -0.25) is 0 Å². The Hall–Kier alpha value is -0.580. The van der Waals surface area contributed by atoms with E-state index in [1.54, 1.807) is 0 Å². The average molecular weight is 327 g/mol. The molecule has 0 aromatic carbocycles. The number of aryl methyl sites for hydroxylation is 1. The molecule has 0 aliphatic rings. The molecule has 0 aliphatic heterocycles. The number of halogens is 1. The van der Waals surface area contributed by atoms with Crippen molar-refractivity contribution in [3.63, 3.8) is 0 Å². The molecule has 0 fully saturated rings. The lowest BCUT2D eigenvalue weighted by Crippen LogP contribution is -2.16. The van der Waals surface area contributed by atoms with E-state index in [2.05, 4.69) is 64.9 Å². The van der Waals surface area contributed by atoms with Gasteiger partial charge >= 0.3 is 0 Å². The fourth-order valence-electron chi connectivity index (χ4n) is 2.03. The highest BCUT2D eigenvalue weighted by Crippen LogP contribution is 2.22. The molecule has 0 amide bonds. The molecule has 0 saturated heterocycles. The summed E-state index contributed by atoms with van der Waals surface area (Å²) in [6.45, 7) is 6.32. The summed E-state index contributed by atoms with van der Waals surface area (Å²) in [7, 11) is 2.12. The second kappa shape index (κ2) is 6.04. The van der Waals surface area contributed by atoms with E-state index in [0.29, 0.717) is 0 Å². The van der Waals surface area contributed by atoms with Gasteiger partial charge in [0.25, 0.3) is 0 Å². The van der Waals surface area contributed by atoms with Crippen LogP contribution in [0.3, 0.4) is 0 Å². The smallest absolute Gasteiger partial charge is 0.0701 e. The summed E-state index contributed by atoms with van der Waals surface area (Å²) >= 11 is 5.31. The summed E-state index contributed by atoms with van der Waals surface area (Å²) in [6, 6.07) is 6.57. The topological polar surface area (TPSA) is 17.0 Å². The van der Waals surface area contributed by atoms with Crippen LogP contribution in [-0.2, 0) is 20.0 Å². The van der Waals surface area contributed by atoms with E-state index in [4.69, 9.17) is 0 Å². The Morgan fingerprint density at radius 1 is 1.33 bits per heavy atom. The van der Waals surface area contributed by atoms with E-state index in [-0.39, 0.29) is 0 Å². The van der Waals surface area contributed by atoms with Crippen molar-refractivity contribution in [1.29, 1.82) is 0 Å². The van der Waals surface area contributed by atoms with Crippen molar-refractivity contribution in [3.8, 4) is 0 Å². The lowest BCUT2D eigenvalue weighted by molar-refractivity contribution is 0.685. The largest absolute Gasteiger partial charge is 0.352 e. The fraction of sp³-hybridized carbons (Fsp3) is 0.429. The molecule has 2 aromatic heterocycles. The molecule has 0 aliphatic carbocycles. The van der Waals surface area contributed by atoms with Crippen LogP contribution in [0.1, 0.15) is 21.8 Å². The average Bonchev–Trinajstić information content (AvgIpc) is 2.85. The van der Waals surface area contributed by atoms with Crippen molar-refractivity contribution >= 4 is 27.3 Å². The van der Waals surface area contributed by atoms with Gasteiger partial charge in [0.1, 0.15) is 0 Å². The lowest BCUT2D eigenvalue weighted by atomic mass is 10.2. The van der Waals surface area contributed by atoms with E-state index in [1.807, 2.05) is 11.3 Å². The monoisotopic (exact) mass is 326 g/mol. The number of hydrogen-bond acceptors (Lipinski definition) is 2. The Balaban J connectivity index is 1.80. The Kier molecular flexibility index (Phi) is 4.65. The van der Waals surface area contributed by atoms with Crippen molar-refractivity contribution in [1.82, 2.24) is 9.88 Å². The first-order valence-corrected chi connectivity index (χ1v) is 7.75. The summed E-state index contributed by atoms with van der Waals surface area (Å²) in [5.74, 6) is 0. The van der Waals surface area contributed by atoms with Crippen molar-refractivity contribution in [3.05, 3.63) is 43.8 Å². The predicted octanol–water partition coefficient (Wildman–Crippen LogP) is 3.80. The zero-order valence-corrected chi connectivity index (χ0v) is 13.5. The molecule has 1 N–H and O–H groups in total. The molecule has 98 valence electrons. The summed E-state index contributed by atoms with van der Waals surface area (Å²) in [5, 5.41) is 3.52. The third kappa shape index (κ3) is 3.25.